The van der Waals surface area contributed by atoms with Gasteiger partial charge in [0, 0.05) is 26.2 Å². The minimum absolute atomic E-state index is 0.225. The fraction of sp³-hybridized carbons (Fsp3) is 0.571. The Bertz CT molecular complexity index is 410. The molecule has 100 valence electrons. The number of piperidine rings is 1. The molecule has 0 unspecified atom stereocenters. The number of hydrogen-bond donors (Lipinski definition) is 2. The second-order valence-electron chi connectivity index (χ2n) is 5.44. The molecule has 1 heterocycles. The highest BCUT2D eigenvalue weighted by molar-refractivity contribution is 5.24. The number of aliphatic hydroxyl groups is 1. The van der Waals surface area contributed by atoms with Crippen LogP contribution in [0.3, 0.4) is 0 Å². The van der Waals surface area contributed by atoms with Crippen LogP contribution in [0.2, 0.25) is 0 Å². The summed E-state index contributed by atoms with van der Waals surface area (Å²) in [6.07, 6.45) is 1.54. The lowest BCUT2D eigenvalue weighted by Crippen LogP contribution is -2.41. The molecule has 0 spiro atoms. The smallest absolute Gasteiger partial charge is 0.123 e. The van der Waals surface area contributed by atoms with Crippen molar-refractivity contribution in [3.63, 3.8) is 0 Å². The van der Waals surface area contributed by atoms with Crippen molar-refractivity contribution >= 4 is 0 Å². The van der Waals surface area contributed by atoms with Crippen LogP contribution in [0.4, 0.5) is 4.39 Å². The molecule has 3 N–H and O–H groups in total. The van der Waals surface area contributed by atoms with Crippen molar-refractivity contribution in [1.82, 2.24) is 4.90 Å². The maximum absolute atomic E-state index is 13.4. The van der Waals surface area contributed by atoms with E-state index in [1.807, 2.05) is 13.0 Å². The van der Waals surface area contributed by atoms with Gasteiger partial charge in [-0.15, -0.1) is 0 Å². The van der Waals surface area contributed by atoms with E-state index in [2.05, 4.69) is 4.90 Å². The zero-order chi connectivity index (χ0) is 13.2. The van der Waals surface area contributed by atoms with Gasteiger partial charge in [0.05, 0.1) is 5.60 Å². The van der Waals surface area contributed by atoms with Crippen LogP contribution in [0.15, 0.2) is 18.2 Å². The number of benzene rings is 1. The lowest BCUT2D eigenvalue weighted by Gasteiger charge is -2.35. The van der Waals surface area contributed by atoms with Gasteiger partial charge in [0.15, 0.2) is 0 Å². The van der Waals surface area contributed by atoms with Gasteiger partial charge in [0.1, 0.15) is 5.82 Å². The van der Waals surface area contributed by atoms with E-state index in [-0.39, 0.29) is 5.82 Å². The van der Waals surface area contributed by atoms with Crippen molar-refractivity contribution in [1.29, 1.82) is 0 Å². The van der Waals surface area contributed by atoms with Crippen LogP contribution in [0.25, 0.3) is 0 Å². The lowest BCUT2D eigenvalue weighted by molar-refractivity contribution is -0.00732. The van der Waals surface area contributed by atoms with Crippen LogP contribution >= 0.6 is 0 Å². The minimum Gasteiger partial charge on any atom is -0.390 e. The molecule has 1 aromatic rings. The molecule has 1 aromatic carbocycles. The zero-order valence-electron chi connectivity index (χ0n) is 10.8. The molecule has 0 amide bonds. The summed E-state index contributed by atoms with van der Waals surface area (Å²) in [7, 11) is 0. The van der Waals surface area contributed by atoms with E-state index in [1.54, 1.807) is 6.07 Å². The predicted octanol–water partition coefficient (Wildman–Crippen LogP) is 1.63. The summed E-state index contributed by atoms with van der Waals surface area (Å²) in [4.78, 5) is 2.24. The largest absolute Gasteiger partial charge is 0.390 e. The summed E-state index contributed by atoms with van der Waals surface area (Å²) < 4.78 is 13.4. The SMILES string of the molecule is CC1(O)CCN(Cc2cc(F)cc(CN)c2)CC1. The topological polar surface area (TPSA) is 49.5 Å². The number of hydrogen-bond acceptors (Lipinski definition) is 3. The average Bonchev–Trinajstić information content (AvgIpc) is 2.31. The number of nitrogens with two attached hydrogens (primary N) is 1. The second kappa shape index (κ2) is 5.34. The third-order valence-corrected chi connectivity index (χ3v) is 3.59. The highest BCUT2D eigenvalue weighted by Gasteiger charge is 2.27. The van der Waals surface area contributed by atoms with Crippen molar-refractivity contribution in [2.45, 2.75) is 38.5 Å². The van der Waals surface area contributed by atoms with E-state index < -0.39 is 5.60 Å². The van der Waals surface area contributed by atoms with Crippen LogP contribution < -0.4 is 5.73 Å². The Morgan fingerprint density at radius 3 is 2.50 bits per heavy atom. The van der Waals surface area contributed by atoms with Gasteiger partial charge in [-0.05, 0) is 43.0 Å². The molecule has 0 saturated carbocycles. The highest BCUT2D eigenvalue weighted by Crippen LogP contribution is 2.22. The van der Waals surface area contributed by atoms with Crippen molar-refractivity contribution in [2.24, 2.45) is 5.73 Å². The van der Waals surface area contributed by atoms with Gasteiger partial charge >= 0.3 is 0 Å². The Labute approximate surface area is 107 Å². The fourth-order valence-electron chi connectivity index (χ4n) is 2.38. The van der Waals surface area contributed by atoms with Crippen molar-refractivity contribution < 1.29 is 9.50 Å². The Kier molecular flexibility index (Phi) is 4.00. The molecule has 0 bridgehead atoms. The average molecular weight is 252 g/mol. The molecule has 1 aliphatic heterocycles. The van der Waals surface area contributed by atoms with Crippen LogP contribution in [0.5, 0.6) is 0 Å². The van der Waals surface area contributed by atoms with E-state index in [9.17, 15) is 9.50 Å². The highest BCUT2D eigenvalue weighted by atomic mass is 19.1. The summed E-state index contributed by atoms with van der Waals surface area (Å²) in [5.41, 5.74) is 6.79. The van der Waals surface area contributed by atoms with E-state index >= 15 is 0 Å². The molecule has 0 atom stereocenters. The first-order chi connectivity index (χ1) is 8.48. The van der Waals surface area contributed by atoms with Crippen LogP contribution in [0.1, 0.15) is 30.9 Å². The maximum atomic E-state index is 13.4. The number of nitrogens with zero attached hydrogens (tertiary/aromatic N) is 1. The molecule has 0 radical (unpaired) electrons. The van der Waals surface area contributed by atoms with Gasteiger partial charge in [-0.3, -0.25) is 4.90 Å². The summed E-state index contributed by atoms with van der Waals surface area (Å²) >= 11 is 0. The molecule has 4 heteroatoms. The summed E-state index contributed by atoms with van der Waals surface area (Å²) in [5.74, 6) is -0.225. The van der Waals surface area contributed by atoms with Gasteiger partial charge in [-0.1, -0.05) is 6.07 Å². The molecule has 3 nitrogen and oxygen atoms in total. The molecule has 0 aliphatic carbocycles. The van der Waals surface area contributed by atoms with Crippen molar-refractivity contribution in [3.8, 4) is 0 Å². The van der Waals surface area contributed by atoms with Crippen molar-refractivity contribution in [3.05, 3.63) is 35.1 Å². The van der Waals surface area contributed by atoms with Crippen LogP contribution in [0, 0.1) is 5.82 Å². The zero-order valence-corrected chi connectivity index (χ0v) is 10.8. The van der Waals surface area contributed by atoms with Gasteiger partial charge in [0.2, 0.25) is 0 Å². The molecule has 18 heavy (non-hydrogen) atoms. The number of halogens is 1. The van der Waals surface area contributed by atoms with Gasteiger partial charge in [-0.25, -0.2) is 4.39 Å². The maximum Gasteiger partial charge on any atom is 0.123 e. The number of likely N-dealkylation sites (tertiary alicyclic amines) is 1. The number of rotatable bonds is 3. The molecule has 1 saturated heterocycles. The summed E-state index contributed by atoms with van der Waals surface area (Å²) in [6.45, 7) is 4.66. The van der Waals surface area contributed by atoms with E-state index in [0.717, 1.165) is 43.6 Å². The molecular weight excluding hydrogens is 231 g/mol. The third kappa shape index (κ3) is 3.51. The predicted molar refractivity (Wildman–Crippen MR) is 69.4 cm³/mol. The van der Waals surface area contributed by atoms with Gasteiger partial charge < -0.3 is 10.8 Å². The first-order valence-electron chi connectivity index (χ1n) is 6.42. The summed E-state index contributed by atoms with van der Waals surface area (Å²) in [5, 5.41) is 9.88. The van der Waals surface area contributed by atoms with E-state index in [1.165, 1.54) is 6.07 Å². The fourth-order valence-corrected chi connectivity index (χ4v) is 2.38. The molecule has 1 aliphatic rings. The Hall–Kier alpha value is -0.970. The molecule has 2 rings (SSSR count). The Morgan fingerprint density at radius 1 is 1.28 bits per heavy atom. The monoisotopic (exact) mass is 252 g/mol. The lowest BCUT2D eigenvalue weighted by atomic mass is 9.93. The second-order valence-corrected chi connectivity index (χ2v) is 5.44. The van der Waals surface area contributed by atoms with Gasteiger partial charge in [0.25, 0.3) is 0 Å². The van der Waals surface area contributed by atoms with Crippen LogP contribution in [-0.2, 0) is 13.1 Å². The molecule has 1 fully saturated rings. The third-order valence-electron chi connectivity index (χ3n) is 3.59. The van der Waals surface area contributed by atoms with Crippen molar-refractivity contribution in [2.75, 3.05) is 13.1 Å². The van der Waals surface area contributed by atoms with Crippen LogP contribution in [-0.4, -0.2) is 28.7 Å². The minimum atomic E-state index is -0.541. The quantitative estimate of drug-likeness (QED) is 0.859. The molecule has 0 aromatic heterocycles. The molecular formula is C14H21FN2O. The van der Waals surface area contributed by atoms with Gasteiger partial charge in [-0.2, -0.15) is 0 Å². The first kappa shape index (κ1) is 13.5. The summed E-state index contributed by atoms with van der Waals surface area (Å²) in [6, 6.07) is 4.99. The normalized spacial score (nSPS) is 20.0. The Balaban J connectivity index is 2.00. The van der Waals surface area contributed by atoms with E-state index in [4.69, 9.17) is 5.73 Å². The Morgan fingerprint density at radius 2 is 1.89 bits per heavy atom. The standard InChI is InChI=1S/C14H21FN2O/c1-14(18)2-4-17(5-3-14)10-12-6-11(9-16)7-13(15)8-12/h6-8,18H,2-5,9-10,16H2,1H3. The van der Waals surface area contributed by atoms with E-state index in [0.29, 0.717) is 6.54 Å². The first-order valence-corrected chi connectivity index (χ1v) is 6.42.